The summed E-state index contributed by atoms with van der Waals surface area (Å²) in [6.07, 6.45) is 1.13. The van der Waals surface area contributed by atoms with E-state index in [0.29, 0.717) is 37.3 Å². The Morgan fingerprint density at radius 1 is 1.05 bits per heavy atom. The first-order valence-corrected chi connectivity index (χ1v) is 8.95. The summed E-state index contributed by atoms with van der Waals surface area (Å²) in [6, 6.07) is 4.73. The zero-order chi connectivity index (χ0) is 16.5. The second-order valence-electron chi connectivity index (χ2n) is 5.55. The van der Waals surface area contributed by atoms with Crippen molar-refractivity contribution in [3.05, 3.63) is 29.3 Å². The number of nitrogens with zero attached hydrogens (tertiary/aromatic N) is 2. The van der Waals surface area contributed by atoms with Crippen LogP contribution in [0.25, 0.3) is 0 Å². The van der Waals surface area contributed by atoms with Gasteiger partial charge in [0.05, 0.1) is 4.90 Å². The molecule has 1 aromatic rings. The first-order valence-electron chi connectivity index (χ1n) is 7.05. The second kappa shape index (κ2) is 6.08. The molecule has 1 fully saturated rings. The molecule has 2 rings (SSSR count). The highest BCUT2D eigenvalue weighted by Gasteiger charge is 2.24. The second-order valence-corrected chi connectivity index (χ2v) is 7.53. The van der Waals surface area contributed by atoms with E-state index in [2.05, 4.69) is 0 Å². The standard InChI is InChI=1S/C15H20N2O4S/c1-11-4-5-13(10-14(11)22(3,20)21)15(19)17-8-6-16(7-9-17)12(2)18/h4-5,10H,6-9H2,1-3H3. The molecule has 1 heterocycles. The summed E-state index contributed by atoms with van der Waals surface area (Å²) >= 11 is 0. The van der Waals surface area contributed by atoms with Gasteiger partial charge in [0.25, 0.3) is 5.91 Å². The molecule has 1 aromatic carbocycles. The van der Waals surface area contributed by atoms with E-state index in [1.807, 2.05) is 0 Å². The van der Waals surface area contributed by atoms with Gasteiger partial charge in [-0.3, -0.25) is 9.59 Å². The fourth-order valence-corrected chi connectivity index (χ4v) is 3.53. The largest absolute Gasteiger partial charge is 0.339 e. The van der Waals surface area contributed by atoms with Gasteiger partial charge in [0.15, 0.2) is 9.84 Å². The van der Waals surface area contributed by atoms with Crippen molar-refractivity contribution in [2.24, 2.45) is 0 Å². The molecule has 120 valence electrons. The molecule has 22 heavy (non-hydrogen) atoms. The molecule has 0 radical (unpaired) electrons. The van der Waals surface area contributed by atoms with Crippen molar-refractivity contribution >= 4 is 21.7 Å². The van der Waals surface area contributed by atoms with Crippen LogP contribution in [0.1, 0.15) is 22.8 Å². The normalized spacial score (nSPS) is 15.8. The third kappa shape index (κ3) is 3.47. The fraction of sp³-hybridized carbons (Fsp3) is 0.467. The molecule has 0 saturated carbocycles. The molecular weight excluding hydrogens is 304 g/mol. The smallest absolute Gasteiger partial charge is 0.254 e. The molecule has 7 heteroatoms. The van der Waals surface area contributed by atoms with Crippen molar-refractivity contribution in [2.75, 3.05) is 32.4 Å². The van der Waals surface area contributed by atoms with Gasteiger partial charge in [0, 0.05) is 44.9 Å². The summed E-state index contributed by atoms with van der Waals surface area (Å²) in [5.74, 6) is -0.199. The third-order valence-corrected chi connectivity index (χ3v) is 5.09. The van der Waals surface area contributed by atoms with Gasteiger partial charge in [-0.1, -0.05) is 6.07 Å². The maximum Gasteiger partial charge on any atom is 0.254 e. The Labute approximate surface area is 130 Å². The fourth-order valence-electron chi connectivity index (χ4n) is 2.54. The van der Waals surface area contributed by atoms with E-state index in [-0.39, 0.29) is 16.7 Å². The predicted octanol–water partition coefficient (Wildman–Crippen LogP) is 0.703. The van der Waals surface area contributed by atoms with Crippen LogP contribution < -0.4 is 0 Å². The molecule has 1 aliphatic heterocycles. The third-order valence-electron chi connectivity index (χ3n) is 3.85. The molecule has 1 aliphatic rings. The number of sulfone groups is 1. The van der Waals surface area contributed by atoms with Crippen LogP contribution in [0.3, 0.4) is 0 Å². The molecule has 0 atom stereocenters. The minimum absolute atomic E-state index is 0.00166. The van der Waals surface area contributed by atoms with E-state index in [1.165, 1.54) is 13.0 Å². The van der Waals surface area contributed by atoms with Crippen molar-refractivity contribution in [3.8, 4) is 0 Å². The first-order chi connectivity index (χ1) is 10.2. The van der Waals surface area contributed by atoms with Crippen LogP contribution in [0.5, 0.6) is 0 Å². The van der Waals surface area contributed by atoms with Gasteiger partial charge in [0.1, 0.15) is 0 Å². The van der Waals surface area contributed by atoms with Gasteiger partial charge < -0.3 is 9.80 Å². The molecule has 1 saturated heterocycles. The number of carbonyl (C=O) groups excluding carboxylic acids is 2. The molecule has 2 amide bonds. The highest BCUT2D eigenvalue weighted by Crippen LogP contribution is 2.18. The average molecular weight is 324 g/mol. The van der Waals surface area contributed by atoms with Crippen molar-refractivity contribution in [3.63, 3.8) is 0 Å². The number of rotatable bonds is 2. The summed E-state index contributed by atoms with van der Waals surface area (Å²) in [5.41, 5.74) is 0.989. The van der Waals surface area contributed by atoms with Crippen LogP contribution in [-0.4, -0.2) is 62.5 Å². The number of aryl methyl sites for hydroxylation is 1. The molecule has 0 bridgehead atoms. The number of carbonyl (C=O) groups is 2. The zero-order valence-electron chi connectivity index (χ0n) is 13.0. The Morgan fingerprint density at radius 3 is 2.09 bits per heavy atom. The van der Waals surface area contributed by atoms with Gasteiger partial charge >= 0.3 is 0 Å². The van der Waals surface area contributed by atoms with Gasteiger partial charge in [-0.05, 0) is 24.6 Å². The van der Waals surface area contributed by atoms with E-state index in [1.54, 1.807) is 28.9 Å². The predicted molar refractivity (Wildman–Crippen MR) is 82.4 cm³/mol. The van der Waals surface area contributed by atoms with Gasteiger partial charge in [-0.15, -0.1) is 0 Å². The van der Waals surface area contributed by atoms with Crippen molar-refractivity contribution in [1.29, 1.82) is 0 Å². The number of benzene rings is 1. The lowest BCUT2D eigenvalue weighted by Crippen LogP contribution is -2.50. The number of amides is 2. The van der Waals surface area contributed by atoms with Crippen molar-refractivity contribution in [2.45, 2.75) is 18.7 Å². The summed E-state index contributed by atoms with van der Waals surface area (Å²) < 4.78 is 23.5. The van der Waals surface area contributed by atoms with Crippen molar-refractivity contribution < 1.29 is 18.0 Å². The topological polar surface area (TPSA) is 74.8 Å². The monoisotopic (exact) mass is 324 g/mol. The highest BCUT2D eigenvalue weighted by atomic mass is 32.2. The van der Waals surface area contributed by atoms with Crippen LogP contribution in [0.4, 0.5) is 0 Å². The summed E-state index contributed by atoms with van der Waals surface area (Å²) in [6.45, 7) is 5.14. The first kappa shape index (κ1) is 16.5. The maximum absolute atomic E-state index is 12.5. The lowest BCUT2D eigenvalue weighted by atomic mass is 10.1. The van der Waals surface area contributed by atoms with E-state index < -0.39 is 9.84 Å². The lowest BCUT2D eigenvalue weighted by molar-refractivity contribution is -0.130. The molecule has 6 nitrogen and oxygen atoms in total. The molecule has 0 aromatic heterocycles. The molecule has 0 unspecified atom stereocenters. The van der Waals surface area contributed by atoms with Crippen molar-refractivity contribution in [1.82, 2.24) is 9.80 Å². The Hall–Kier alpha value is -1.89. The lowest BCUT2D eigenvalue weighted by Gasteiger charge is -2.34. The molecule has 0 aliphatic carbocycles. The number of hydrogen-bond donors (Lipinski definition) is 0. The molecule has 0 spiro atoms. The van der Waals surface area contributed by atoms with Crippen LogP contribution >= 0.6 is 0 Å². The van der Waals surface area contributed by atoms with Gasteiger partial charge in [0.2, 0.25) is 5.91 Å². The van der Waals surface area contributed by atoms with Gasteiger partial charge in [-0.25, -0.2) is 8.42 Å². The van der Waals surface area contributed by atoms with E-state index in [9.17, 15) is 18.0 Å². The van der Waals surface area contributed by atoms with Gasteiger partial charge in [-0.2, -0.15) is 0 Å². The summed E-state index contributed by atoms with van der Waals surface area (Å²) in [7, 11) is -3.36. The Kier molecular flexibility index (Phi) is 4.55. The summed E-state index contributed by atoms with van der Waals surface area (Å²) in [5, 5.41) is 0. The van der Waals surface area contributed by atoms with E-state index in [0.717, 1.165) is 6.26 Å². The van der Waals surface area contributed by atoms with Crippen LogP contribution in [-0.2, 0) is 14.6 Å². The average Bonchev–Trinajstić information content (AvgIpc) is 2.46. The van der Waals surface area contributed by atoms with Crippen LogP contribution in [0.15, 0.2) is 23.1 Å². The molecular formula is C15H20N2O4S. The quantitative estimate of drug-likeness (QED) is 0.803. The number of hydrogen-bond acceptors (Lipinski definition) is 4. The van der Waals surface area contributed by atoms with Crippen LogP contribution in [0.2, 0.25) is 0 Å². The van der Waals surface area contributed by atoms with Crippen LogP contribution in [0, 0.1) is 6.92 Å². The number of piperazine rings is 1. The molecule has 0 N–H and O–H groups in total. The minimum Gasteiger partial charge on any atom is -0.339 e. The zero-order valence-corrected chi connectivity index (χ0v) is 13.8. The van der Waals surface area contributed by atoms with E-state index in [4.69, 9.17) is 0 Å². The Morgan fingerprint density at radius 2 is 1.59 bits per heavy atom. The Bertz CT molecular complexity index is 704. The SMILES string of the molecule is CC(=O)N1CCN(C(=O)c2ccc(C)c(S(C)(=O)=O)c2)CC1. The summed E-state index contributed by atoms with van der Waals surface area (Å²) in [4.78, 5) is 27.3. The maximum atomic E-state index is 12.5. The minimum atomic E-state index is -3.36. The Balaban J connectivity index is 2.19. The highest BCUT2D eigenvalue weighted by molar-refractivity contribution is 7.90. The van der Waals surface area contributed by atoms with E-state index >= 15 is 0 Å².